The Hall–Kier alpha value is -2.13. The van der Waals surface area contributed by atoms with Crippen LogP contribution in [0.3, 0.4) is 0 Å². The second kappa shape index (κ2) is 4.76. The summed E-state index contributed by atoms with van der Waals surface area (Å²) < 4.78 is 0. The van der Waals surface area contributed by atoms with E-state index in [0.717, 1.165) is 5.56 Å². The molecule has 3 nitrogen and oxygen atoms in total. The van der Waals surface area contributed by atoms with Gasteiger partial charge in [-0.1, -0.05) is 35.9 Å². The molecule has 0 radical (unpaired) electrons. The summed E-state index contributed by atoms with van der Waals surface area (Å²) in [6.45, 7) is 1.83. The predicted molar refractivity (Wildman–Crippen MR) is 76.8 cm³/mol. The molecular formula is C16H12ClNO2. The van der Waals surface area contributed by atoms with Crippen LogP contribution in [-0.2, 0) is 0 Å². The fourth-order valence-corrected chi connectivity index (χ4v) is 2.67. The molecule has 0 aliphatic carbocycles. The van der Waals surface area contributed by atoms with Crippen LogP contribution in [0, 0.1) is 0 Å². The zero-order valence-corrected chi connectivity index (χ0v) is 11.6. The van der Waals surface area contributed by atoms with Gasteiger partial charge in [-0.05, 0) is 36.8 Å². The lowest BCUT2D eigenvalue weighted by Gasteiger charge is -2.23. The fraction of sp³-hybridized carbons (Fsp3) is 0.125. The van der Waals surface area contributed by atoms with E-state index in [0.29, 0.717) is 16.1 Å². The van der Waals surface area contributed by atoms with E-state index in [9.17, 15) is 9.59 Å². The smallest absolute Gasteiger partial charge is 0.262 e. The zero-order valence-electron chi connectivity index (χ0n) is 10.8. The highest BCUT2D eigenvalue weighted by Gasteiger charge is 2.38. The number of hydrogen-bond donors (Lipinski definition) is 0. The number of carbonyl (C=O) groups is 2. The monoisotopic (exact) mass is 285 g/mol. The van der Waals surface area contributed by atoms with Crippen LogP contribution in [0.4, 0.5) is 0 Å². The lowest BCUT2D eigenvalue weighted by atomic mass is 10.1. The van der Waals surface area contributed by atoms with E-state index >= 15 is 0 Å². The Balaban J connectivity index is 2.01. The molecule has 100 valence electrons. The van der Waals surface area contributed by atoms with Crippen LogP contribution in [0.5, 0.6) is 0 Å². The van der Waals surface area contributed by atoms with Gasteiger partial charge in [-0.2, -0.15) is 0 Å². The van der Waals surface area contributed by atoms with Gasteiger partial charge in [0.1, 0.15) is 0 Å². The number of benzene rings is 2. The van der Waals surface area contributed by atoms with Crippen molar-refractivity contribution in [3.05, 3.63) is 70.2 Å². The number of nitrogens with zero attached hydrogens (tertiary/aromatic N) is 1. The van der Waals surface area contributed by atoms with Crippen molar-refractivity contribution in [2.24, 2.45) is 0 Å². The van der Waals surface area contributed by atoms with Crippen LogP contribution in [0.15, 0.2) is 48.5 Å². The summed E-state index contributed by atoms with van der Waals surface area (Å²) in [6, 6.07) is 13.7. The normalized spacial score (nSPS) is 15.4. The molecule has 1 aliphatic rings. The van der Waals surface area contributed by atoms with E-state index in [-0.39, 0.29) is 17.9 Å². The second-order valence-electron chi connectivity index (χ2n) is 4.76. The van der Waals surface area contributed by atoms with Gasteiger partial charge in [0.25, 0.3) is 11.8 Å². The van der Waals surface area contributed by atoms with Crippen molar-refractivity contribution in [1.82, 2.24) is 4.90 Å². The molecule has 1 aliphatic heterocycles. The van der Waals surface area contributed by atoms with Crippen molar-refractivity contribution in [2.45, 2.75) is 13.0 Å². The Bertz CT molecular complexity index is 676. The van der Waals surface area contributed by atoms with Gasteiger partial charge in [-0.25, -0.2) is 0 Å². The molecule has 2 amide bonds. The number of rotatable bonds is 2. The van der Waals surface area contributed by atoms with Crippen molar-refractivity contribution in [1.29, 1.82) is 0 Å². The minimum atomic E-state index is -0.346. The van der Waals surface area contributed by atoms with Crippen LogP contribution >= 0.6 is 11.6 Å². The van der Waals surface area contributed by atoms with E-state index in [1.54, 1.807) is 36.4 Å². The summed E-state index contributed by atoms with van der Waals surface area (Å²) in [7, 11) is 0. The average molecular weight is 286 g/mol. The lowest BCUT2D eigenvalue weighted by molar-refractivity contribution is 0.0595. The maximum absolute atomic E-state index is 12.4. The third-order valence-corrected chi connectivity index (χ3v) is 3.78. The third-order valence-electron chi connectivity index (χ3n) is 3.54. The number of hydrogen-bond acceptors (Lipinski definition) is 2. The summed E-state index contributed by atoms with van der Waals surface area (Å²) in [5.41, 5.74) is 1.77. The molecule has 0 spiro atoms. The molecule has 1 unspecified atom stereocenters. The first-order chi connectivity index (χ1) is 9.59. The highest BCUT2D eigenvalue weighted by Crippen LogP contribution is 2.31. The van der Waals surface area contributed by atoms with Crippen LogP contribution in [0.25, 0.3) is 0 Å². The highest BCUT2D eigenvalue weighted by molar-refractivity contribution is 6.30. The van der Waals surface area contributed by atoms with E-state index in [2.05, 4.69) is 0 Å². The number of amides is 2. The SMILES string of the molecule is CC(c1cccc(Cl)c1)N1C(=O)c2ccccc2C1=O. The number of carbonyl (C=O) groups excluding carboxylic acids is 2. The second-order valence-corrected chi connectivity index (χ2v) is 5.19. The number of halogens is 1. The quantitative estimate of drug-likeness (QED) is 0.789. The summed E-state index contributed by atoms with van der Waals surface area (Å²) >= 11 is 5.97. The van der Waals surface area contributed by atoms with Gasteiger partial charge >= 0.3 is 0 Å². The summed E-state index contributed by atoms with van der Waals surface area (Å²) in [6.07, 6.45) is 0. The molecule has 3 rings (SSSR count). The first kappa shape index (κ1) is 12.9. The zero-order chi connectivity index (χ0) is 14.3. The third kappa shape index (κ3) is 1.91. The van der Waals surface area contributed by atoms with E-state index in [4.69, 9.17) is 11.6 Å². The van der Waals surface area contributed by atoms with Gasteiger partial charge in [0.2, 0.25) is 0 Å². The van der Waals surface area contributed by atoms with Crippen molar-refractivity contribution in [2.75, 3.05) is 0 Å². The van der Waals surface area contributed by atoms with Crippen LogP contribution in [-0.4, -0.2) is 16.7 Å². The Morgan fingerprint density at radius 3 is 2.10 bits per heavy atom. The van der Waals surface area contributed by atoms with Crippen molar-refractivity contribution in [3.8, 4) is 0 Å². The van der Waals surface area contributed by atoms with Gasteiger partial charge in [-0.3, -0.25) is 14.5 Å². The highest BCUT2D eigenvalue weighted by atomic mass is 35.5. The molecule has 0 N–H and O–H groups in total. The van der Waals surface area contributed by atoms with Gasteiger partial charge < -0.3 is 0 Å². The fourth-order valence-electron chi connectivity index (χ4n) is 2.48. The summed E-state index contributed by atoms with van der Waals surface area (Å²) in [4.78, 5) is 26.0. The molecule has 0 fully saturated rings. The maximum Gasteiger partial charge on any atom is 0.262 e. The van der Waals surface area contributed by atoms with Crippen LogP contribution < -0.4 is 0 Å². The van der Waals surface area contributed by atoms with Gasteiger partial charge in [-0.15, -0.1) is 0 Å². The predicted octanol–water partition coefficient (Wildman–Crippen LogP) is 3.70. The largest absolute Gasteiger partial charge is 0.269 e. The molecule has 4 heteroatoms. The standard InChI is InChI=1S/C16H12ClNO2/c1-10(11-5-4-6-12(17)9-11)18-15(19)13-7-2-3-8-14(13)16(18)20/h2-10H,1H3. The molecule has 0 saturated heterocycles. The molecule has 2 aromatic carbocycles. The van der Waals surface area contributed by atoms with Crippen molar-refractivity contribution in [3.63, 3.8) is 0 Å². The number of imide groups is 1. The molecule has 20 heavy (non-hydrogen) atoms. The first-order valence-electron chi connectivity index (χ1n) is 6.32. The van der Waals surface area contributed by atoms with Crippen LogP contribution in [0.1, 0.15) is 39.2 Å². The Labute approximate surface area is 121 Å². The topological polar surface area (TPSA) is 37.4 Å². The minimum absolute atomic E-state index is 0.252. The Morgan fingerprint density at radius 1 is 0.950 bits per heavy atom. The van der Waals surface area contributed by atoms with E-state index in [1.807, 2.05) is 19.1 Å². The van der Waals surface area contributed by atoms with Crippen LogP contribution in [0.2, 0.25) is 5.02 Å². The van der Waals surface area contributed by atoms with E-state index in [1.165, 1.54) is 4.90 Å². The van der Waals surface area contributed by atoms with Gasteiger partial charge in [0.15, 0.2) is 0 Å². The number of fused-ring (bicyclic) bond motifs is 1. The lowest BCUT2D eigenvalue weighted by Crippen LogP contribution is -2.32. The maximum atomic E-state index is 12.4. The minimum Gasteiger partial charge on any atom is -0.269 e. The van der Waals surface area contributed by atoms with Gasteiger partial charge in [0, 0.05) is 5.02 Å². The van der Waals surface area contributed by atoms with E-state index < -0.39 is 0 Å². The summed E-state index contributed by atoms with van der Waals surface area (Å²) in [5.74, 6) is -0.504. The molecule has 0 aromatic heterocycles. The molecule has 1 atom stereocenters. The molecular weight excluding hydrogens is 274 g/mol. The Kier molecular flexibility index (Phi) is 3.07. The van der Waals surface area contributed by atoms with Crippen molar-refractivity contribution >= 4 is 23.4 Å². The summed E-state index contributed by atoms with van der Waals surface area (Å²) in [5, 5.41) is 0.589. The van der Waals surface area contributed by atoms with Gasteiger partial charge in [0.05, 0.1) is 17.2 Å². The molecule has 2 aromatic rings. The molecule has 0 bridgehead atoms. The molecule has 0 saturated carbocycles. The Morgan fingerprint density at radius 2 is 1.55 bits per heavy atom. The first-order valence-corrected chi connectivity index (χ1v) is 6.70. The van der Waals surface area contributed by atoms with Crippen molar-refractivity contribution < 1.29 is 9.59 Å². The molecule has 1 heterocycles. The average Bonchev–Trinajstić information content (AvgIpc) is 2.71.